The first kappa shape index (κ1) is 24.8. The number of aliphatic hydroxyl groups is 2. The lowest BCUT2D eigenvalue weighted by Gasteiger charge is -2.34. The van der Waals surface area contributed by atoms with Crippen LogP contribution in [-0.2, 0) is 6.42 Å². The maximum atomic E-state index is 11.2. The van der Waals surface area contributed by atoms with Crippen LogP contribution >= 0.6 is 22.9 Å². The first-order chi connectivity index (χ1) is 17.9. The van der Waals surface area contributed by atoms with Crippen LogP contribution in [0.15, 0.2) is 41.9 Å². The zero-order valence-corrected chi connectivity index (χ0v) is 22.2. The van der Waals surface area contributed by atoms with Crippen molar-refractivity contribution < 1.29 is 10.2 Å². The molecular formula is C27H31ClN6O2S. The van der Waals surface area contributed by atoms with Gasteiger partial charge in [-0.2, -0.15) is 4.98 Å². The molecule has 1 aromatic carbocycles. The van der Waals surface area contributed by atoms with Crippen LogP contribution in [0.2, 0.25) is 5.28 Å². The van der Waals surface area contributed by atoms with Gasteiger partial charge in [0.15, 0.2) is 0 Å². The third kappa shape index (κ3) is 4.64. The van der Waals surface area contributed by atoms with Crippen molar-refractivity contribution in [2.24, 2.45) is 11.8 Å². The van der Waals surface area contributed by atoms with Gasteiger partial charge in [-0.25, -0.2) is 9.97 Å². The third-order valence-corrected chi connectivity index (χ3v) is 9.10. The van der Waals surface area contributed by atoms with E-state index in [0.29, 0.717) is 23.4 Å². The number of nitrogens with two attached hydrogens (primary N) is 1. The number of hydrogen-bond acceptors (Lipinski definition) is 8. The molecule has 2 fully saturated rings. The van der Waals surface area contributed by atoms with Crippen molar-refractivity contribution in [3.8, 4) is 10.6 Å². The van der Waals surface area contributed by atoms with Gasteiger partial charge in [0.05, 0.1) is 23.2 Å². The first-order valence-corrected chi connectivity index (χ1v) is 14.0. The SMILES string of the molecule is CN1CCC[C@@H]([C@H]2C[C@@H](n3cc(-c4nc(Cc5ccccc5)cs4)c4c(N)nc(Cl)nc43)[C@H](O)[C@@H]2O)C1. The van der Waals surface area contributed by atoms with Gasteiger partial charge in [-0.15, -0.1) is 11.3 Å². The van der Waals surface area contributed by atoms with Gasteiger partial charge < -0.3 is 25.4 Å². The van der Waals surface area contributed by atoms with E-state index in [1.165, 1.54) is 5.56 Å². The summed E-state index contributed by atoms with van der Waals surface area (Å²) < 4.78 is 1.94. The lowest BCUT2D eigenvalue weighted by atomic mass is 9.83. The number of piperidine rings is 1. The highest BCUT2D eigenvalue weighted by atomic mass is 35.5. The third-order valence-electron chi connectivity index (χ3n) is 8.00. The number of fused-ring (bicyclic) bond motifs is 1. The molecule has 0 bridgehead atoms. The van der Waals surface area contributed by atoms with Gasteiger partial charge in [-0.3, -0.25) is 0 Å². The molecule has 10 heteroatoms. The summed E-state index contributed by atoms with van der Waals surface area (Å²) in [5.74, 6) is 0.634. The van der Waals surface area contributed by atoms with Gasteiger partial charge in [0, 0.05) is 30.1 Å². The molecule has 1 saturated carbocycles. The van der Waals surface area contributed by atoms with Crippen LogP contribution in [0.1, 0.15) is 36.6 Å². The Labute approximate surface area is 224 Å². The van der Waals surface area contributed by atoms with Crippen molar-refractivity contribution in [2.75, 3.05) is 25.9 Å². The Morgan fingerprint density at radius 1 is 1.14 bits per heavy atom. The van der Waals surface area contributed by atoms with Gasteiger partial charge in [-0.1, -0.05) is 30.3 Å². The highest BCUT2D eigenvalue weighted by Crippen LogP contribution is 2.45. The van der Waals surface area contributed by atoms with Gasteiger partial charge in [0.2, 0.25) is 5.28 Å². The van der Waals surface area contributed by atoms with Gasteiger partial charge in [0.25, 0.3) is 0 Å². The average molecular weight is 539 g/mol. The number of anilines is 1. The molecule has 0 amide bonds. The first-order valence-electron chi connectivity index (χ1n) is 12.8. The minimum Gasteiger partial charge on any atom is -0.390 e. The predicted molar refractivity (Wildman–Crippen MR) is 147 cm³/mol. The molecular weight excluding hydrogens is 508 g/mol. The lowest BCUT2D eigenvalue weighted by molar-refractivity contribution is -0.0125. The minimum atomic E-state index is -0.916. The van der Waals surface area contributed by atoms with Crippen LogP contribution in [0.3, 0.4) is 0 Å². The summed E-state index contributed by atoms with van der Waals surface area (Å²) in [6, 6.07) is 9.88. The van der Waals surface area contributed by atoms with E-state index >= 15 is 0 Å². The molecule has 194 valence electrons. The molecule has 1 aliphatic heterocycles. The minimum absolute atomic E-state index is 0.00986. The second-order valence-corrected chi connectivity index (χ2v) is 11.6. The monoisotopic (exact) mass is 538 g/mol. The van der Waals surface area contributed by atoms with Crippen LogP contribution in [0.5, 0.6) is 0 Å². The van der Waals surface area contributed by atoms with Crippen molar-refractivity contribution in [3.05, 3.63) is 58.4 Å². The molecule has 4 N–H and O–H groups in total. The standard InChI is InChI=1S/C27H31ClN6O2S/c1-33-9-5-8-16(12-33)18-11-20(23(36)22(18)35)34-13-19(21-24(29)31-27(28)32-25(21)34)26-30-17(14-37-26)10-15-6-3-2-4-7-15/h2-4,6-7,13-14,16,18,20,22-23,35-36H,5,8-12H2,1H3,(H2,29,31,32)/t16-,18-,20-,22-,23+/m1/s1. The van der Waals surface area contributed by atoms with Crippen molar-refractivity contribution in [2.45, 2.75) is 43.9 Å². The largest absolute Gasteiger partial charge is 0.390 e. The van der Waals surface area contributed by atoms with E-state index in [1.54, 1.807) is 11.3 Å². The van der Waals surface area contributed by atoms with Crippen LogP contribution in [-0.4, -0.2) is 67.0 Å². The summed E-state index contributed by atoms with van der Waals surface area (Å²) in [5, 5.41) is 25.9. The van der Waals surface area contributed by atoms with E-state index in [-0.39, 0.29) is 23.1 Å². The molecule has 0 unspecified atom stereocenters. The predicted octanol–water partition coefficient (Wildman–Crippen LogP) is 4.01. The zero-order chi connectivity index (χ0) is 25.7. The number of hydrogen-bond donors (Lipinski definition) is 3. The number of aromatic nitrogens is 4. The summed E-state index contributed by atoms with van der Waals surface area (Å²) in [6.45, 7) is 2.01. The molecule has 0 radical (unpaired) electrons. The Bertz CT molecular complexity index is 1410. The smallest absolute Gasteiger partial charge is 0.226 e. The molecule has 4 heterocycles. The van der Waals surface area contributed by atoms with E-state index in [1.807, 2.05) is 29.0 Å². The van der Waals surface area contributed by atoms with E-state index in [0.717, 1.165) is 48.6 Å². The molecule has 2 aliphatic rings. The molecule has 4 aromatic rings. The number of rotatable bonds is 5. The Hall–Kier alpha value is -2.56. The fourth-order valence-electron chi connectivity index (χ4n) is 6.22. The number of nitrogens with zero attached hydrogens (tertiary/aromatic N) is 5. The second-order valence-electron chi connectivity index (χ2n) is 10.4. The van der Waals surface area contributed by atoms with E-state index in [4.69, 9.17) is 22.3 Å². The maximum absolute atomic E-state index is 11.2. The second kappa shape index (κ2) is 9.96. The fraction of sp³-hybridized carbons (Fsp3) is 0.444. The molecule has 3 aromatic heterocycles. The molecule has 37 heavy (non-hydrogen) atoms. The Balaban J connectivity index is 1.37. The number of benzene rings is 1. The topological polar surface area (TPSA) is 113 Å². The molecule has 0 spiro atoms. The molecule has 8 nitrogen and oxygen atoms in total. The van der Waals surface area contributed by atoms with Gasteiger partial charge in [0.1, 0.15) is 22.6 Å². The molecule has 1 saturated heterocycles. The van der Waals surface area contributed by atoms with Crippen molar-refractivity contribution in [1.29, 1.82) is 0 Å². The Kier molecular flexibility index (Phi) is 6.66. The van der Waals surface area contributed by atoms with Crippen molar-refractivity contribution in [3.63, 3.8) is 0 Å². The number of aliphatic hydroxyl groups excluding tert-OH is 2. The average Bonchev–Trinajstić information content (AvgIpc) is 3.56. The number of nitrogen functional groups attached to an aromatic ring is 1. The lowest BCUT2D eigenvalue weighted by Crippen LogP contribution is -2.39. The zero-order valence-electron chi connectivity index (χ0n) is 20.7. The van der Waals surface area contributed by atoms with Crippen molar-refractivity contribution >= 4 is 39.8 Å². The summed E-state index contributed by atoms with van der Waals surface area (Å²) in [4.78, 5) is 16.0. The van der Waals surface area contributed by atoms with Crippen molar-refractivity contribution in [1.82, 2.24) is 24.4 Å². The van der Waals surface area contributed by atoms with E-state index < -0.39 is 12.2 Å². The summed E-state index contributed by atoms with van der Waals surface area (Å²) in [6.07, 6.45) is 3.80. The number of likely N-dealkylation sites (tertiary alicyclic amines) is 1. The normalized spacial score (nSPS) is 26.8. The number of thiazole rings is 1. The van der Waals surface area contributed by atoms with E-state index in [9.17, 15) is 10.2 Å². The van der Waals surface area contributed by atoms with Crippen LogP contribution < -0.4 is 5.73 Å². The highest BCUT2D eigenvalue weighted by Gasteiger charge is 2.46. The van der Waals surface area contributed by atoms with Gasteiger partial charge >= 0.3 is 0 Å². The van der Waals surface area contributed by atoms with E-state index in [2.05, 4.69) is 39.4 Å². The quantitative estimate of drug-likeness (QED) is 0.329. The van der Waals surface area contributed by atoms with Crippen LogP contribution in [0.25, 0.3) is 21.6 Å². The summed E-state index contributed by atoms with van der Waals surface area (Å²) >= 11 is 7.78. The van der Waals surface area contributed by atoms with Crippen LogP contribution in [0, 0.1) is 11.8 Å². The fourth-order valence-corrected chi connectivity index (χ4v) is 7.23. The highest BCUT2D eigenvalue weighted by molar-refractivity contribution is 7.13. The summed E-state index contributed by atoms with van der Waals surface area (Å²) in [5.41, 5.74) is 9.91. The summed E-state index contributed by atoms with van der Waals surface area (Å²) in [7, 11) is 2.12. The van der Waals surface area contributed by atoms with Crippen LogP contribution in [0.4, 0.5) is 5.82 Å². The number of halogens is 1. The van der Waals surface area contributed by atoms with Gasteiger partial charge in [-0.05, 0) is 61.9 Å². The molecule has 1 aliphatic carbocycles. The molecule has 6 rings (SSSR count). The molecule has 5 atom stereocenters. The maximum Gasteiger partial charge on any atom is 0.226 e. The Morgan fingerprint density at radius 3 is 2.73 bits per heavy atom. The Morgan fingerprint density at radius 2 is 1.95 bits per heavy atom.